The second kappa shape index (κ2) is 4.85. The number of rotatable bonds is 3. The Morgan fingerprint density at radius 1 is 1.19 bits per heavy atom. The molecule has 1 rings (SSSR count). The molecule has 0 N–H and O–H groups in total. The summed E-state index contributed by atoms with van der Waals surface area (Å²) in [5.74, 6) is 0. The molecule has 0 aliphatic heterocycles. The number of hydrogen-bond acceptors (Lipinski definition) is 2. The second-order valence-electron chi connectivity index (χ2n) is 3.97. The van der Waals surface area contributed by atoms with Gasteiger partial charge in [0.1, 0.15) is 0 Å². The lowest BCUT2D eigenvalue weighted by atomic mass is 10.1. The topological polar surface area (TPSA) is 37.4 Å². The van der Waals surface area contributed by atoms with Crippen LogP contribution in [0, 0.1) is 13.8 Å². The highest BCUT2D eigenvalue weighted by molar-refractivity contribution is 9.08. The first-order valence-corrected chi connectivity index (χ1v) is 7.45. The number of hydrogen-bond donors (Lipinski definition) is 0. The van der Waals surface area contributed by atoms with Crippen LogP contribution in [0.4, 0.5) is 0 Å². The molecule has 0 saturated heterocycles. The fourth-order valence-electron chi connectivity index (χ4n) is 1.49. The maximum absolute atomic E-state index is 12.0. The van der Waals surface area contributed by atoms with Crippen molar-refractivity contribution in [2.24, 2.45) is 0 Å². The summed E-state index contributed by atoms with van der Waals surface area (Å²) in [5.41, 5.74) is 2.90. The van der Waals surface area contributed by atoms with Gasteiger partial charge in [0.2, 0.25) is 10.0 Å². The molecule has 3 nitrogen and oxygen atoms in total. The van der Waals surface area contributed by atoms with Gasteiger partial charge in [0.05, 0.1) is 4.90 Å². The first-order chi connectivity index (χ1) is 7.30. The van der Waals surface area contributed by atoms with Crippen molar-refractivity contribution >= 4 is 26.0 Å². The molecule has 0 aliphatic carbocycles. The highest BCUT2D eigenvalue weighted by Gasteiger charge is 2.20. The standard InChI is InChI=1S/C11H16BrNO2S/c1-8-5-9(2)11(6-10(8)7-12)16(14,15)13(3)4/h5-6H,7H2,1-4H3. The number of sulfonamides is 1. The number of nitrogens with zero attached hydrogens (tertiary/aromatic N) is 1. The Labute approximate surface area is 106 Å². The quantitative estimate of drug-likeness (QED) is 0.805. The Hall–Kier alpha value is -0.390. The van der Waals surface area contributed by atoms with Crippen molar-refractivity contribution < 1.29 is 8.42 Å². The van der Waals surface area contributed by atoms with E-state index in [1.54, 1.807) is 20.2 Å². The van der Waals surface area contributed by atoms with E-state index in [1.165, 1.54) is 4.31 Å². The molecule has 0 fully saturated rings. The summed E-state index contributed by atoms with van der Waals surface area (Å²) in [6, 6.07) is 3.65. The van der Waals surface area contributed by atoms with E-state index in [1.807, 2.05) is 19.9 Å². The second-order valence-corrected chi connectivity index (χ2v) is 6.65. The Bertz CT molecular complexity index is 495. The summed E-state index contributed by atoms with van der Waals surface area (Å²) < 4.78 is 25.3. The number of aryl methyl sites for hydroxylation is 2. The minimum absolute atomic E-state index is 0.387. The Balaban J connectivity index is 3.47. The van der Waals surface area contributed by atoms with Crippen molar-refractivity contribution in [3.63, 3.8) is 0 Å². The molecule has 1 aromatic rings. The molecular weight excluding hydrogens is 290 g/mol. The van der Waals surface area contributed by atoms with Gasteiger partial charge in [-0.25, -0.2) is 12.7 Å². The van der Waals surface area contributed by atoms with Gasteiger partial charge >= 0.3 is 0 Å². The van der Waals surface area contributed by atoms with Gasteiger partial charge in [-0.15, -0.1) is 0 Å². The summed E-state index contributed by atoms with van der Waals surface area (Å²) in [6.07, 6.45) is 0. The molecular formula is C11H16BrNO2S. The third-order valence-corrected chi connectivity index (χ3v) is 5.10. The largest absolute Gasteiger partial charge is 0.242 e. The zero-order chi connectivity index (χ0) is 12.5. The van der Waals surface area contributed by atoms with Crippen LogP contribution in [0.2, 0.25) is 0 Å². The SMILES string of the molecule is Cc1cc(C)c(S(=O)(=O)N(C)C)cc1CBr. The van der Waals surface area contributed by atoms with Gasteiger partial charge in [0, 0.05) is 19.4 Å². The predicted molar refractivity (Wildman–Crippen MR) is 69.4 cm³/mol. The summed E-state index contributed by atoms with van der Waals surface area (Å²) in [7, 11) is -0.256. The zero-order valence-corrected chi connectivity index (χ0v) is 12.3. The summed E-state index contributed by atoms with van der Waals surface area (Å²) >= 11 is 3.36. The third-order valence-electron chi connectivity index (χ3n) is 2.54. The molecule has 0 aromatic heterocycles. The van der Waals surface area contributed by atoms with Crippen molar-refractivity contribution in [3.05, 3.63) is 28.8 Å². The van der Waals surface area contributed by atoms with Crippen LogP contribution < -0.4 is 0 Å². The van der Waals surface area contributed by atoms with E-state index in [2.05, 4.69) is 15.9 Å². The van der Waals surface area contributed by atoms with Gasteiger partial charge in [-0.3, -0.25) is 0 Å². The average molecular weight is 306 g/mol. The molecule has 5 heteroatoms. The summed E-state index contributed by atoms with van der Waals surface area (Å²) in [4.78, 5) is 0.387. The van der Waals surface area contributed by atoms with Crippen molar-refractivity contribution in [1.82, 2.24) is 4.31 Å². The van der Waals surface area contributed by atoms with E-state index in [4.69, 9.17) is 0 Å². The zero-order valence-electron chi connectivity index (χ0n) is 9.91. The Kier molecular flexibility index (Phi) is 4.15. The van der Waals surface area contributed by atoms with Crippen LogP contribution in [0.15, 0.2) is 17.0 Å². The van der Waals surface area contributed by atoms with Gasteiger partial charge in [0.15, 0.2) is 0 Å². The summed E-state index contributed by atoms with van der Waals surface area (Å²) in [6.45, 7) is 3.80. The molecule has 0 heterocycles. The normalized spacial score (nSPS) is 12.1. The maximum Gasteiger partial charge on any atom is 0.242 e. The van der Waals surface area contributed by atoms with Crippen LogP contribution in [-0.2, 0) is 15.4 Å². The molecule has 0 saturated carbocycles. The van der Waals surface area contributed by atoms with Crippen LogP contribution in [0.3, 0.4) is 0 Å². The van der Waals surface area contributed by atoms with E-state index >= 15 is 0 Å². The molecule has 16 heavy (non-hydrogen) atoms. The molecule has 1 aromatic carbocycles. The van der Waals surface area contributed by atoms with Crippen LogP contribution >= 0.6 is 15.9 Å². The molecule has 90 valence electrons. The van der Waals surface area contributed by atoms with Crippen LogP contribution in [0.5, 0.6) is 0 Å². The lowest BCUT2D eigenvalue weighted by Gasteiger charge is -2.15. The van der Waals surface area contributed by atoms with Gasteiger partial charge in [-0.1, -0.05) is 22.0 Å². The molecule has 0 aliphatic rings. The minimum atomic E-state index is -3.34. The molecule has 0 radical (unpaired) electrons. The van der Waals surface area contributed by atoms with E-state index in [-0.39, 0.29) is 0 Å². The summed E-state index contributed by atoms with van der Waals surface area (Å²) in [5, 5.41) is 0.662. The van der Waals surface area contributed by atoms with Crippen LogP contribution in [0.25, 0.3) is 0 Å². The van der Waals surface area contributed by atoms with Gasteiger partial charge in [0.25, 0.3) is 0 Å². The minimum Gasteiger partial charge on any atom is -0.207 e. The van der Waals surface area contributed by atoms with E-state index in [0.717, 1.165) is 16.7 Å². The maximum atomic E-state index is 12.0. The van der Waals surface area contributed by atoms with Crippen molar-refractivity contribution in [2.45, 2.75) is 24.1 Å². The van der Waals surface area contributed by atoms with Crippen molar-refractivity contribution in [1.29, 1.82) is 0 Å². The monoisotopic (exact) mass is 305 g/mol. The fourth-order valence-corrected chi connectivity index (χ4v) is 3.25. The van der Waals surface area contributed by atoms with E-state index in [0.29, 0.717) is 10.2 Å². The molecule has 0 amide bonds. The lowest BCUT2D eigenvalue weighted by molar-refractivity contribution is 0.520. The molecule has 0 bridgehead atoms. The van der Waals surface area contributed by atoms with Gasteiger partial charge < -0.3 is 0 Å². The number of alkyl halides is 1. The molecule has 0 unspecified atom stereocenters. The first kappa shape index (κ1) is 13.7. The van der Waals surface area contributed by atoms with Crippen LogP contribution in [0.1, 0.15) is 16.7 Å². The number of benzene rings is 1. The van der Waals surface area contributed by atoms with Crippen molar-refractivity contribution in [2.75, 3.05) is 14.1 Å². The van der Waals surface area contributed by atoms with Gasteiger partial charge in [-0.05, 0) is 36.6 Å². The molecule has 0 spiro atoms. The highest BCUT2D eigenvalue weighted by Crippen LogP contribution is 2.23. The first-order valence-electron chi connectivity index (χ1n) is 4.89. The number of halogens is 1. The average Bonchev–Trinajstić information content (AvgIpc) is 2.17. The Morgan fingerprint density at radius 2 is 1.75 bits per heavy atom. The predicted octanol–water partition coefficient (Wildman–Crippen LogP) is 2.45. The Morgan fingerprint density at radius 3 is 2.19 bits per heavy atom. The third kappa shape index (κ3) is 2.47. The van der Waals surface area contributed by atoms with E-state index in [9.17, 15) is 8.42 Å². The van der Waals surface area contributed by atoms with Crippen molar-refractivity contribution in [3.8, 4) is 0 Å². The van der Waals surface area contributed by atoms with Gasteiger partial charge in [-0.2, -0.15) is 0 Å². The van der Waals surface area contributed by atoms with Crippen LogP contribution in [-0.4, -0.2) is 26.8 Å². The highest BCUT2D eigenvalue weighted by atomic mass is 79.9. The molecule has 0 atom stereocenters. The fraction of sp³-hybridized carbons (Fsp3) is 0.455. The lowest BCUT2D eigenvalue weighted by Crippen LogP contribution is -2.23. The smallest absolute Gasteiger partial charge is 0.207 e. The van der Waals surface area contributed by atoms with E-state index < -0.39 is 10.0 Å².